The first-order valence-electron chi connectivity index (χ1n) is 7.62. The Morgan fingerprint density at radius 2 is 1.91 bits per heavy atom. The van der Waals surface area contributed by atoms with E-state index in [2.05, 4.69) is 13.8 Å². The first kappa shape index (κ1) is 15.3. The van der Waals surface area contributed by atoms with Crippen LogP contribution < -0.4 is 0 Å². The van der Waals surface area contributed by atoms with Crippen LogP contribution in [0, 0.1) is 0 Å². The SMILES string of the molecule is CC(C)c1ccc(S(=O)(=O)N2CCC(c3ccco3)C2)cc1. The van der Waals surface area contributed by atoms with Gasteiger partial charge < -0.3 is 4.42 Å². The van der Waals surface area contributed by atoms with Crippen LogP contribution in [0.15, 0.2) is 52.0 Å². The van der Waals surface area contributed by atoms with E-state index in [9.17, 15) is 8.42 Å². The molecule has 3 rings (SSSR count). The summed E-state index contributed by atoms with van der Waals surface area (Å²) >= 11 is 0. The topological polar surface area (TPSA) is 50.5 Å². The molecule has 1 aliphatic rings. The van der Waals surface area contributed by atoms with Crippen LogP contribution in [0.25, 0.3) is 0 Å². The van der Waals surface area contributed by atoms with E-state index in [4.69, 9.17) is 4.42 Å². The molecule has 1 saturated heterocycles. The molecule has 0 aliphatic carbocycles. The van der Waals surface area contributed by atoms with Gasteiger partial charge in [-0.3, -0.25) is 0 Å². The number of hydrogen-bond acceptors (Lipinski definition) is 3. The quantitative estimate of drug-likeness (QED) is 0.865. The molecule has 118 valence electrons. The maximum Gasteiger partial charge on any atom is 0.243 e. The Kier molecular flexibility index (Phi) is 4.10. The third-order valence-electron chi connectivity index (χ3n) is 4.28. The minimum Gasteiger partial charge on any atom is -0.469 e. The van der Waals surface area contributed by atoms with Gasteiger partial charge in [0.15, 0.2) is 0 Å². The van der Waals surface area contributed by atoms with Gasteiger partial charge in [-0.05, 0) is 42.2 Å². The van der Waals surface area contributed by atoms with Crippen molar-refractivity contribution in [3.05, 3.63) is 54.0 Å². The third-order valence-corrected chi connectivity index (χ3v) is 6.16. The summed E-state index contributed by atoms with van der Waals surface area (Å²) in [5, 5.41) is 0. The maximum absolute atomic E-state index is 12.7. The van der Waals surface area contributed by atoms with Gasteiger partial charge in [0.1, 0.15) is 5.76 Å². The zero-order chi connectivity index (χ0) is 15.7. The first-order chi connectivity index (χ1) is 10.5. The Labute approximate surface area is 131 Å². The second kappa shape index (κ2) is 5.89. The van der Waals surface area contributed by atoms with Gasteiger partial charge in [0.2, 0.25) is 10.0 Å². The molecule has 2 heterocycles. The van der Waals surface area contributed by atoms with Crippen LogP contribution in [0.4, 0.5) is 0 Å². The predicted molar refractivity (Wildman–Crippen MR) is 85.4 cm³/mol. The fourth-order valence-electron chi connectivity index (χ4n) is 2.88. The van der Waals surface area contributed by atoms with Crippen molar-refractivity contribution in [2.24, 2.45) is 0 Å². The van der Waals surface area contributed by atoms with Crippen molar-refractivity contribution in [2.45, 2.75) is 37.0 Å². The highest BCUT2D eigenvalue weighted by Crippen LogP contribution is 2.31. The van der Waals surface area contributed by atoms with Crippen LogP contribution in [0.5, 0.6) is 0 Å². The summed E-state index contributed by atoms with van der Waals surface area (Å²) in [7, 11) is -3.41. The van der Waals surface area contributed by atoms with E-state index in [-0.39, 0.29) is 5.92 Å². The number of hydrogen-bond donors (Lipinski definition) is 0. The van der Waals surface area contributed by atoms with Crippen LogP contribution in [-0.2, 0) is 10.0 Å². The second-order valence-electron chi connectivity index (χ2n) is 6.09. The molecule has 1 fully saturated rings. The molecule has 1 aromatic carbocycles. The van der Waals surface area contributed by atoms with Crippen LogP contribution >= 0.6 is 0 Å². The van der Waals surface area contributed by atoms with Gasteiger partial charge in [-0.25, -0.2) is 8.42 Å². The highest BCUT2D eigenvalue weighted by atomic mass is 32.2. The van der Waals surface area contributed by atoms with Gasteiger partial charge in [-0.2, -0.15) is 4.31 Å². The van der Waals surface area contributed by atoms with Crippen LogP contribution in [0.1, 0.15) is 43.4 Å². The fraction of sp³-hybridized carbons (Fsp3) is 0.412. The molecular formula is C17H21NO3S. The van der Waals surface area contributed by atoms with E-state index >= 15 is 0 Å². The number of furan rings is 1. The molecule has 22 heavy (non-hydrogen) atoms. The molecule has 0 spiro atoms. The molecule has 0 saturated carbocycles. The predicted octanol–water partition coefficient (Wildman–Crippen LogP) is 3.58. The van der Waals surface area contributed by atoms with E-state index in [0.717, 1.165) is 17.7 Å². The maximum atomic E-state index is 12.7. The molecule has 0 radical (unpaired) electrons. The molecule has 4 nitrogen and oxygen atoms in total. The molecule has 1 aromatic heterocycles. The molecule has 2 aromatic rings. The molecular weight excluding hydrogens is 298 g/mol. The number of benzene rings is 1. The molecule has 0 bridgehead atoms. The summed E-state index contributed by atoms with van der Waals surface area (Å²) in [4.78, 5) is 0.372. The summed E-state index contributed by atoms with van der Waals surface area (Å²) in [5.41, 5.74) is 1.15. The zero-order valence-electron chi connectivity index (χ0n) is 12.9. The molecule has 0 amide bonds. The lowest BCUT2D eigenvalue weighted by atomic mass is 10.0. The van der Waals surface area contributed by atoms with Gasteiger partial charge in [-0.15, -0.1) is 0 Å². The van der Waals surface area contributed by atoms with Crippen molar-refractivity contribution in [2.75, 3.05) is 13.1 Å². The average Bonchev–Trinajstić information content (AvgIpc) is 3.18. The Bertz CT molecular complexity index is 718. The lowest BCUT2D eigenvalue weighted by Gasteiger charge is -2.17. The van der Waals surface area contributed by atoms with Gasteiger partial charge in [-0.1, -0.05) is 26.0 Å². The minimum atomic E-state index is -3.41. The lowest BCUT2D eigenvalue weighted by Crippen LogP contribution is -2.28. The second-order valence-corrected chi connectivity index (χ2v) is 8.03. The minimum absolute atomic E-state index is 0.153. The normalized spacial score (nSPS) is 19.9. The zero-order valence-corrected chi connectivity index (χ0v) is 13.7. The van der Waals surface area contributed by atoms with Crippen molar-refractivity contribution in [1.82, 2.24) is 4.31 Å². The Hall–Kier alpha value is -1.59. The lowest BCUT2D eigenvalue weighted by molar-refractivity contribution is 0.445. The van der Waals surface area contributed by atoms with Gasteiger partial charge in [0, 0.05) is 19.0 Å². The summed E-state index contributed by atoms with van der Waals surface area (Å²) in [6.45, 7) is 5.22. The fourth-order valence-corrected chi connectivity index (χ4v) is 4.38. The van der Waals surface area contributed by atoms with Crippen LogP contribution in [0.3, 0.4) is 0 Å². The van der Waals surface area contributed by atoms with Gasteiger partial charge in [0.05, 0.1) is 11.2 Å². The van der Waals surface area contributed by atoms with Crippen molar-refractivity contribution in [1.29, 1.82) is 0 Å². The number of rotatable bonds is 4. The summed E-state index contributed by atoms with van der Waals surface area (Å²) in [5.74, 6) is 1.42. The van der Waals surface area contributed by atoms with Crippen LogP contribution in [0.2, 0.25) is 0 Å². The van der Waals surface area contributed by atoms with Gasteiger partial charge in [0.25, 0.3) is 0 Å². The Morgan fingerprint density at radius 3 is 2.50 bits per heavy atom. The third kappa shape index (κ3) is 2.83. The van der Waals surface area contributed by atoms with E-state index < -0.39 is 10.0 Å². The number of sulfonamides is 1. The van der Waals surface area contributed by atoms with Crippen molar-refractivity contribution in [3.8, 4) is 0 Å². The molecule has 0 N–H and O–H groups in total. The molecule has 5 heteroatoms. The monoisotopic (exact) mass is 319 g/mol. The van der Waals surface area contributed by atoms with Crippen molar-refractivity contribution < 1.29 is 12.8 Å². The van der Waals surface area contributed by atoms with Crippen molar-refractivity contribution >= 4 is 10.0 Å². The van der Waals surface area contributed by atoms with Gasteiger partial charge >= 0.3 is 0 Å². The Balaban J connectivity index is 1.79. The van der Waals surface area contributed by atoms with E-state index in [0.29, 0.717) is 23.9 Å². The van der Waals surface area contributed by atoms with E-state index in [1.807, 2.05) is 24.3 Å². The first-order valence-corrected chi connectivity index (χ1v) is 9.06. The standard InChI is InChI=1S/C17H21NO3S/c1-13(2)14-5-7-16(8-6-14)22(19,20)18-10-9-15(12-18)17-4-3-11-21-17/h3-8,11,13,15H,9-10,12H2,1-2H3. The number of nitrogens with zero attached hydrogens (tertiary/aromatic N) is 1. The average molecular weight is 319 g/mol. The van der Waals surface area contributed by atoms with Crippen molar-refractivity contribution in [3.63, 3.8) is 0 Å². The Morgan fingerprint density at radius 1 is 1.18 bits per heavy atom. The molecule has 1 unspecified atom stereocenters. The smallest absolute Gasteiger partial charge is 0.243 e. The highest BCUT2D eigenvalue weighted by Gasteiger charge is 2.34. The summed E-state index contributed by atoms with van der Waals surface area (Å²) in [6.07, 6.45) is 2.44. The molecule has 1 aliphatic heterocycles. The molecule has 1 atom stereocenters. The van der Waals surface area contributed by atoms with Crippen LogP contribution in [-0.4, -0.2) is 25.8 Å². The largest absolute Gasteiger partial charge is 0.469 e. The summed E-state index contributed by atoms with van der Waals surface area (Å²) < 4.78 is 32.4. The van der Waals surface area contributed by atoms with E-state index in [1.54, 1.807) is 22.7 Å². The van der Waals surface area contributed by atoms with E-state index in [1.165, 1.54) is 0 Å². The summed E-state index contributed by atoms with van der Waals surface area (Å²) in [6, 6.07) is 11.0. The highest BCUT2D eigenvalue weighted by molar-refractivity contribution is 7.89.